The lowest BCUT2D eigenvalue weighted by Gasteiger charge is -2.07. The van der Waals surface area contributed by atoms with Crippen LogP contribution in [0.3, 0.4) is 0 Å². The number of nitrogens with one attached hydrogen (secondary N) is 1. The predicted molar refractivity (Wildman–Crippen MR) is 88.8 cm³/mol. The second-order valence-electron chi connectivity index (χ2n) is 4.80. The number of carbonyl (C=O) groups excluding carboxylic acids is 1. The van der Waals surface area contributed by atoms with Crippen LogP contribution in [0.5, 0.6) is 5.75 Å². The molecular formula is C15H21ClN4O3. The third-order valence-corrected chi connectivity index (χ3v) is 2.89. The summed E-state index contributed by atoms with van der Waals surface area (Å²) in [5.74, 6) is 1.85. The van der Waals surface area contributed by atoms with Crippen molar-refractivity contribution in [1.29, 1.82) is 0 Å². The van der Waals surface area contributed by atoms with Crippen molar-refractivity contribution in [2.75, 3.05) is 18.5 Å². The van der Waals surface area contributed by atoms with Crippen LogP contribution in [-0.2, 0) is 11.2 Å². The highest BCUT2D eigenvalue weighted by molar-refractivity contribution is 5.90. The standard InChI is InChI=1S/C15H20N4O3.ClH/c1-11-17-15(22-19-11)4-2-3-14(20)18-12-5-7-13(8-6-12)21-10-9-16;/h5-8H,2-4,9-10,16H2,1H3,(H,18,20);1H. The van der Waals surface area contributed by atoms with E-state index in [9.17, 15) is 4.79 Å². The van der Waals surface area contributed by atoms with Crippen LogP contribution in [0.4, 0.5) is 5.69 Å². The molecule has 0 fully saturated rings. The molecule has 1 amide bonds. The summed E-state index contributed by atoms with van der Waals surface area (Å²) in [6, 6.07) is 7.19. The summed E-state index contributed by atoms with van der Waals surface area (Å²) in [6.45, 7) is 2.71. The van der Waals surface area contributed by atoms with Crippen molar-refractivity contribution in [3.05, 3.63) is 36.0 Å². The van der Waals surface area contributed by atoms with E-state index in [2.05, 4.69) is 15.5 Å². The SMILES string of the molecule is Cc1noc(CCCC(=O)Nc2ccc(OCCN)cc2)n1.Cl. The molecule has 0 radical (unpaired) electrons. The van der Waals surface area contributed by atoms with Crippen molar-refractivity contribution >= 4 is 24.0 Å². The molecule has 1 aromatic heterocycles. The molecule has 2 rings (SSSR count). The first-order valence-electron chi connectivity index (χ1n) is 7.19. The van der Waals surface area contributed by atoms with Crippen molar-refractivity contribution < 1.29 is 14.1 Å². The van der Waals surface area contributed by atoms with E-state index in [1.54, 1.807) is 31.2 Å². The Labute approximate surface area is 141 Å². The van der Waals surface area contributed by atoms with Gasteiger partial charge in [0.25, 0.3) is 0 Å². The van der Waals surface area contributed by atoms with Gasteiger partial charge in [0.05, 0.1) is 0 Å². The number of anilines is 1. The molecule has 23 heavy (non-hydrogen) atoms. The predicted octanol–water partition coefficient (Wildman–Crippen LogP) is 2.10. The second kappa shape index (κ2) is 9.81. The van der Waals surface area contributed by atoms with E-state index in [-0.39, 0.29) is 18.3 Å². The summed E-state index contributed by atoms with van der Waals surface area (Å²) in [7, 11) is 0. The minimum absolute atomic E-state index is 0. The molecule has 3 N–H and O–H groups in total. The van der Waals surface area contributed by atoms with E-state index < -0.39 is 0 Å². The second-order valence-corrected chi connectivity index (χ2v) is 4.80. The normalized spacial score (nSPS) is 10.0. The number of carbonyl (C=O) groups is 1. The summed E-state index contributed by atoms with van der Waals surface area (Å²) in [4.78, 5) is 15.9. The van der Waals surface area contributed by atoms with Crippen LogP contribution in [0, 0.1) is 6.92 Å². The number of hydrogen-bond donors (Lipinski definition) is 2. The number of hydrogen-bond acceptors (Lipinski definition) is 6. The summed E-state index contributed by atoms with van der Waals surface area (Å²) in [6.07, 6.45) is 1.65. The Balaban J connectivity index is 0.00000264. The first-order valence-corrected chi connectivity index (χ1v) is 7.19. The number of rotatable bonds is 8. The summed E-state index contributed by atoms with van der Waals surface area (Å²) in [5.41, 5.74) is 6.10. The number of ether oxygens (including phenoxy) is 1. The quantitative estimate of drug-likeness (QED) is 0.762. The number of amides is 1. The van der Waals surface area contributed by atoms with Crippen LogP contribution < -0.4 is 15.8 Å². The van der Waals surface area contributed by atoms with Gasteiger partial charge >= 0.3 is 0 Å². The molecule has 0 aliphatic rings. The number of benzene rings is 1. The zero-order chi connectivity index (χ0) is 15.8. The maximum Gasteiger partial charge on any atom is 0.226 e. The third-order valence-electron chi connectivity index (χ3n) is 2.89. The molecule has 0 atom stereocenters. The van der Waals surface area contributed by atoms with Crippen LogP contribution in [0.1, 0.15) is 24.6 Å². The van der Waals surface area contributed by atoms with Crippen LogP contribution in [-0.4, -0.2) is 29.2 Å². The van der Waals surface area contributed by atoms with Crippen molar-refractivity contribution in [2.24, 2.45) is 5.73 Å². The third kappa shape index (κ3) is 6.66. The van der Waals surface area contributed by atoms with E-state index in [0.717, 1.165) is 11.4 Å². The molecule has 0 unspecified atom stereocenters. The van der Waals surface area contributed by atoms with Crippen LogP contribution in [0.15, 0.2) is 28.8 Å². The van der Waals surface area contributed by atoms with E-state index >= 15 is 0 Å². The highest BCUT2D eigenvalue weighted by Gasteiger charge is 2.06. The number of aryl methyl sites for hydroxylation is 2. The molecule has 0 saturated carbocycles. The maximum absolute atomic E-state index is 11.8. The highest BCUT2D eigenvalue weighted by atomic mass is 35.5. The molecule has 1 heterocycles. The Morgan fingerprint density at radius 2 is 2.09 bits per heavy atom. The molecule has 0 bridgehead atoms. The number of nitrogens with zero attached hydrogens (tertiary/aromatic N) is 2. The average Bonchev–Trinajstić information content (AvgIpc) is 2.92. The Kier molecular flexibility index (Phi) is 8.07. The zero-order valence-corrected chi connectivity index (χ0v) is 13.8. The summed E-state index contributed by atoms with van der Waals surface area (Å²) >= 11 is 0. The van der Waals surface area contributed by atoms with Crippen LogP contribution >= 0.6 is 12.4 Å². The van der Waals surface area contributed by atoms with Gasteiger partial charge in [0.15, 0.2) is 5.82 Å². The van der Waals surface area contributed by atoms with Gasteiger partial charge in [0, 0.05) is 25.1 Å². The Bertz CT molecular complexity index is 601. The molecule has 0 saturated heterocycles. The lowest BCUT2D eigenvalue weighted by Crippen LogP contribution is -2.12. The molecule has 0 aliphatic heterocycles. The van der Waals surface area contributed by atoms with Crippen LogP contribution in [0.25, 0.3) is 0 Å². The van der Waals surface area contributed by atoms with E-state index in [1.807, 2.05) is 0 Å². The molecule has 0 spiro atoms. The van der Waals surface area contributed by atoms with Crippen molar-refractivity contribution in [3.8, 4) is 5.75 Å². The largest absolute Gasteiger partial charge is 0.492 e. The van der Waals surface area contributed by atoms with E-state index in [4.69, 9.17) is 15.0 Å². The Morgan fingerprint density at radius 1 is 1.35 bits per heavy atom. The van der Waals surface area contributed by atoms with Gasteiger partial charge in [-0.25, -0.2) is 0 Å². The monoisotopic (exact) mass is 340 g/mol. The molecule has 8 heteroatoms. The fourth-order valence-corrected chi connectivity index (χ4v) is 1.88. The molecule has 7 nitrogen and oxygen atoms in total. The molecule has 2 aromatic rings. The van der Waals surface area contributed by atoms with E-state index in [1.165, 1.54) is 0 Å². The van der Waals surface area contributed by atoms with Gasteiger partial charge in [-0.2, -0.15) is 4.98 Å². The molecule has 0 aliphatic carbocycles. The highest BCUT2D eigenvalue weighted by Crippen LogP contribution is 2.16. The number of halogens is 1. The van der Waals surface area contributed by atoms with Crippen LogP contribution in [0.2, 0.25) is 0 Å². The van der Waals surface area contributed by atoms with Crippen molar-refractivity contribution in [3.63, 3.8) is 0 Å². The molecule has 1 aromatic carbocycles. The lowest BCUT2D eigenvalue weighted by atomic mass is 10.2. The van der Waals surface area contributed by atoms with Gasteiger partial charge in [-0.05, 0) is 37.6 Å². The molecular weight excluding hydrogens is 320 g/mol. The average molecular weight is 341 g/mol. The van der Waals surface area contributed by atoms with Crippen molar-refractivity contribution in [1.82, 2.24) is 10.1 Å². The first-order chi connectivity index (χ1) is 10.7. The lowest BCUT2D eigenvalue weighted by molar-refractivity contribution is -0.116. The van der Waals surface area contributed by atoms with Gasteiger partial charge in [-0.1, -0.05) is 5.16 Å². The van der Waals surface area contributed by atoms with E-state index in [0.29, 0.717) is 44.1 Å². The van der Waals surface area contributed by atoms with Gasteiger partial charge < -0.3 is 20.3 Å². The maximum atomic E-state index is 11.8. The van der Waals surface area contributed by atoms with Crippen molar-refractivity contribution in [2.45, 2.75) is 26.2 Å². The number of aromatic nitrogens is 2. The zero-order valence-electron chi connectivity index (χ0n) is 12.9. The Hall–Kier alpha value is -2.12. The number of nitrogens with two attached hydrogens (primary N) is 1. The summed E-state index contributed by atoms with van der Waals surface area (Å²) in [5, 5.41) is 6.54. The summed E-state index contributed by atoms with van der Waals surface area (Å²) < 4.78 is 10.4. The minimum Gasteiger partial charge on any atom is -0.492 e. The van der Waals surface area contributed by atoms with Gasteiger partial charge in [-0.3, -0.25) is 4.79 Å². The van der Waals surface area contributed by atoms with Gasteiger partial charge in [0.1, 0.15) is 12.4 Å². The van der Waals surface area contributed by atoms with Gasteiger partial charge in [-0.15, -0.1) is 12.4 Å². The fraction of sp³-hybridized carbons (Fsp3) is 0.400. The Morgan fingerprint density at radius 3 is 2.70 bits per heavy atom. The first kappa shape index (κ1) is 18.9. The fourth-order valence-electron chi connectivity index (χ4n) is 1.88. The minimum atomic E-state index is -0.0492. The topological polar surface area (TPSA) is 103 Å². The smallest absolute Gasteiger partial charge is 0.226 e. The molecule has 126 valence electrons. The van der Waals surface area contributed by atoms with Gasteiger partial charge in [0.2, 0.25) is 11.8 Å².